The Kier molecular flexibility index (Phi) is 5.38. The third-order valence-corrected chi connectivity index (χ3v) is 6.82. The number of pyridine rings is 1. The van der Waals surface area contributed by atoms with Crippen LogP contribution in [0.25, 0.3) is 22.0 Å². The zero-order valence-corrected chi connectivity index (χ0v) is 19.4. The summed E-state index contributed by atoms with van der Waals surface area (Å²) in [6, 6.07) is 16.6. The van der Waals surface area contributed by atoms with Crippen molar-refractivity contribution in [2.75, 3.05) is 5.32 Å². The zero-order valence-electron chi connectivity index (χ0n) is 18.6. The molecule has 0 atom stereocenters. The molecular weight excluding hydrogens is 446 g/mol. The number of aromatic nitrogens is 3. The van der Waals surface area contributed by atoms with Gasteiger partial charge in [-0.25, -0.2) is 9.97 Å². The van der Waals surface area contributed by atoms with Gasteiger partial charge in [0.25, 0.3) is 5.91 Å². The maximum absolute atomic E-state index is 13.2. The number of nitrogens with one attached hydrogen (secondary N) is 1. The molecule has 0 aliphatic heterocycles. The van der Waals surface area contributed by atoms with Crippen molar-refractivity contribution in [1.29, 1.82) is 0 Å². The lowest BCUT2D eigenvalue weighted by Crippen LogP contribution is -2.32. The second-order valence-electron chi connectivity index (χ2n) is 9.08. The lowest BCUT2D eigenvalue weighted by molar-refractivity contribution is 0.0730. The third kappa shape index (κ3) is 4.33. The van der Waals surface area contributed by atoms with E-state index in [1.165, 1.54) is 12.8 Å². The van der Waals surface area contributed by atoms with Crippen LogP contribution in [-0.2, 0) is 6.54 Å². The molecular formula is C27H24ClN5O. The molecule has 6 rings (SSSR count). The van der Waals surface area contributed by atoms with Crippen molar-refractivity contribution >= 4 is 34.2 Å². The summed E-state index contributed by atoms with van der Waals surface area (Å²) in [6.45, 7) is 0.476. The Bertz CT molecular complexity index is 1370. The van der Waals surface area contributed by atoms with E-state index < -0.39 is 0 Å². The van der Waals surface area contributed by atoms with Gasteiger partial charge in [0, 0.05) is 47.0 Å². The highest BCUT2D eigenvalue weighted by Gasteiger charge is 2.33. The molecule has 0 unspecified atom stereocenters. The number of halogens is 1. The number of benzene rings is 2. The number of hydrogen-bond acceptors (Lipinski definition) is 5. The van der Waals surface area contributed by atoms with Gasteiger partial charge in [-0.15, -0.1) is 0 Å². The van der Waals surface area contributed by atoms with Gasteiger partial charge in [0.15, 0.2) is 0 Å². The predicted molar refractivity (Wildman–Crippen MR) is 134 cm³/mol. The molecule has 4 aromatic rings. The van der Waals surface area contributed by atoms with Gasteiger partial charge in [0.05, 0.1) is 5.52 Å². The molecule has 2 aliphatic carbocycles. The van der Waals surface area contributed by atoms with Crippen molar-refractivity contribution in [3.63, 3.8) is 0 Å². The SMILES string of the molecule is O=C(c1ccncc1)N(Cc1cc(-c2ccc3ncnc(NC4CC4)c3c2)ccc1Cl)C1CC1. The second kappa shape index (κ2) is 8.69. The molecule has 0 bridgehead atoms. The van der Waals surface area contributed by atoms with Gasteiger partial charge >= 0.3 is 0 Å². The minimum atomic E-state index is 0.0185. The fourth-order valence-electron chi connectivity index (χ4n) is 4.24. The molecule has 0 radical (unpaired) electrons. The van der Waals surface area contributed by atoms with Crippen LogP contribution in [0.5, 0.6) is 0 Å². The van der Waals surface area contributed by atoms with Crippen molar-refractivity contribution in [3.8, 4) is 11.1 Å². The van der Waals surface area contributed by atoms with E-state index in [0.29, 0.717) is 23.2 Å². The number of nitrogens with zero attached hydrogens (tertiary/aromatic N) is 4. The molecule has 1 N–H and O–H groups in total. The van der Waals surface area contributed by atoms with Crippen LogP contribution >= 0.6 is 11.6 Å². The van der Waals surface area contributed by atoms with Crippen molar-refractivity contribution < 1.29 is 4.79 Å². The summed E-state index contributed by atoms with van der Waals surface area (Å²) in [5.41, 5.74) is 4.62. The molecule has 2 heterocycles. The number of anilines is 1. The van der Waals surface area contributed by atoms with Gasteiger partial charge in [0.2, 0.25) is 0 Å². The average Bonchev–Trinajstić information content (AvgIpc) is 3.79. The third-order valence-electron chi connectivity index (χ3n) is 6.45. The number of carbonyl (C=O) groups excluding carboxylic acids is 1. The molecule has 2 fully saturated rings. The number of fused-ring (bicyclic) bond motifs is 1. The Hall–Kier alpha value is -3.51. The fourth-order valence-corrected chi connectivity index (χ4v) is 4.42. The Balaban J connectivity index is 1.32. The first-order valence-corrected chi connectivity index (χ1v) is 12.0. The quantitative estimate of drug-likeness (QED) is 0.374. The molecule has 0 saturated heterocycles. The largest absolute Gasteiger partial charge is 0.367 e. The van der Waals surface area contributed by atoms with Crippen LogP contribution < -0.4 is 5.32 Å². The molecule has 2 aromatic carbocycles. The molecule has 1 amide bonds. The lowest BCUT2D eigenvalue weighted by atomic mass is 10.0. The Morgan fingerprint density at radius 2 is 1.74 bits per heavy atom. The zero-order chi connectivity index (χ0) is 23.1. The normalized spacial score (nSPS) is 15.3. The molecule has 2 aliphatic rings. The summed E-state index contributed by atoms with van der Waals surface area (Å²) < 4.78 is 0. The summed E-state index contributed by atoms with van der Waals surface area (Å²) in [6.07, 6.45) is 9.33. The summed E-state index contributed by atoms with van der Waals surface area (Å²) in [5.74, 6) is 0.899. The Labute approximate surface area is 203 Å². The van der Waals surface area contributed by atoms with E-state index in [2.05, 4.69) is 38.5 Å². The predicted octanol–water partition coefficient (Wildman–Crippen LogP) is 5.72. The van der Waals surface area contributed by atoms with Gasteiger partial charge in [-0.2, -0.15) is 0 Å². The summed E-state index contributed by atoms with van der Waals surface area (Å²) in [5, 5.41) is 5.18. The standard InChI is InChI=1S/C27H24ClN5O/c28-24-7-1-18(19-2-8-25-23(14-19)26(31-16-30-25)32-21-3-4-21)13-20(24)15-33(22-5-6-22)27(34)17-9-11-29-12-10-17/h1-2,7-14,16,21-22H,3-6,15H2,(H,30,31,32). The van der Waals surface area contributed by atoms with Crippen LogP contribution in [0.4, 0.5) is 5.82 Å². The van der Waals surface area contributed by atoms with Crippen LogP contribution in [0.3, 0.4) is 0 Å². The lowest BCUT2D eigenvalue weighted by Gasteiger charge is -2.23. The van der Waals surface area contributed by atoms with Crippen LogP contribution in [-0.4, -0.2) is 37.8 Å². The van der Waals surface area contributed by atoms with Crippen molar-refractivity contribution in [3.05, 3.63) is 83.4 Å². The Morgan fingerprint density at radius 1 is 0.971 bits per heavy atom. The fraction of sp³-hybridized carbons (Fsp3) is 0.259. The van der Waals surface area contributed by atoms with E-state index in [0.717, 1.165) is 46.3 Å². The second-order valence-corrected chi connectivity index (χ2v) is 9.49. The van der Waals surface area contributed by atoms with Crippen LogP contribution in [0, 0.1) is 0 Å². The number of amides is 1. The van der Waals surface area contributed by atoms with Crippen LogP contribution in [0.15, 0.2) is 67.3 Å². The van der Waals surface area contributed by atoms with Crippen LogP contribution in [0.2, 0.25) is 5.02 Å². The topological polar surface area (TPSA) is 71.0 Å². The van der Waals surface area contributed by atoms with Gasteiger partial charge < -0.3 is 10.2 Å². The highest BCUT2D eigenvalue weighted by Crippen LogP contribution is 2.34. The molecule has 170 valence electrons. The number of carbonyl (C=O) groups is 1. The highest BCUT2D eigenvalue weighted by molar-refractivity contribution is 6.31. The first-order valence-electron chi connectivity index (χ1n) is 11.7. The van der Waals surface area contributed by atoms with Crippen molar-refractivity contribution in [1.82, 2.24) is 19.9 Å². The Morgan fingerprint density at radius 3 is 2.50 bits per heavy atom. The van der Waals surface area contributed by atoms with E-state index in [9.17, 15) is 4.79 Å². The van der Waals surface area contributed by atoms with Gasteiger partial charge in [0.1, 0.15) is 12.1 Å². The van der Waals surface area contributed by atoms with Gasteiger partial charge in [-0.3, -0.25) is 9.78 Å². The van der Waals surface area contributed by atoms with E-state index in [4.69, 9.17) is 11.6 Å². The monoisotopic (exact) mass is 469 g/mol. The number of hydrogen-bond donors (Lipinski definition) is 1. The van der Waals surface area contributed by atoms with Crippen LogP contribution in [0.1, 0.15) is 41.6 Å². The summed E-state index contributed by atoms with van der Waals surface area (Å²) >= 11 is 6.61. The maximum Gasteiger partial charge on any atom is 0.254 e. The molecule has 7 heteroatoms. The molecule has 34 heavy (non-hydrogen) atoms. The van der Waals surface area contributed by atoms with E-state index in [1.54, 1.807) is 30.9 Å². The summed E-state index contributed by atoms with van der Waals surface area (Å²) in [4.78, 5) is 28.1. The first-order chi connectivity index (χ1) is 16.7. The van der Waals surface area contributed by atoms with E-state index in [-0.39, 0.29) is 11.9 Å². The number of rotatable bonds is 7. The van der Waals surface area contributed by atoms with Gasteiger partial charge in [-0.1, -0.05) is 23.7 Å². The maximum atomic E-state index is 13.2. The van der Waals surface area contributed by atoms with E-state index >= 15 is 0 Å². The molecule has 2 aromatic heterocycles. The molecule has 6 nitrogen and oxygen atoms in total. The average molecular weight is 470 g/mol. The van der Waals surface area contributed by atoms with E-state index in [1.807, 2.05) is 23.1 Å². The summed E-state index contributed by atoms with van der Waals surface area (Å²) in [7, 11) is 0. The first kappa shape index (κ1) is 21.1. The minimum Gasteiger partial charge on any atom is -0.367 e. The molecule has 0 spiro atoms. The highest BCUT2D eigenvalue weighted by atomic mass is 35.5. The van der Waals surface area contributed by atoms with Crippen molar-refractivity contribution in [2.45, 2.75) is 44.3 Å². The van der Waals surface area contributed by atoms with Crippen molar-refractivity contribution in [2.24, 2.45) is 0 Å². The minimum absolute atomic E-state index is 0.0185. The van der Waals surface area contributed by atoms with Gasteiger partial charge in [-0.05, 0) is 78.8 Å². The smallest absolute Gasteiger partial charge is 0.254 e. The molecule has 2 saturated carbocycles.